The summed E-state index contributed by atoms with van der Waals surface area (Å²) in [5.41, 5.74) is -3.22. The van der Waals surface area contributed by atoms with Crippen molar-refractivity contribution < 1.29 is 81.9 Å². The number of benzene rings is 1. The van der Waals surface area contributed by atoms with Crippen molar-refractivity contribution in [1.82, 2.24) is 19.7 Å². The summed E-state index contributed by atoms with van der Waals surface area (Å²) >= 11 is 0. The van der Waals surface area contributed by atoms with Gasteiger partial charge in [0.15, 0.2) is 18.7 Å². The fraction of sp³-hybridized carbons (Fsp3) is 0.790. The predicted octanol–water partition coefficient (Wildman–Crippen LogP) is 4.43. The van der Waals surface area contributed by atoms with Crippen LogP contribution in [0.25, 0.3) is 10.9 Å². The van der Waals surface area contributed by atoms with Crippen molar-refractivity contribution in [1.29, 1.82) is 0 Å². The van der Waals surface area contributed by atoms with Gasteiger partial charge in [-0.1, -0.05) is 33.8 Å². The first-order valence-corrected chi connectivity index (χ1v) is 30.4. The number of methoxy groups -OCH3 is 2. The van der Waals surface area contributed by atoms with Gasteiger partial charge in [-0.15, -0.1) is 0 Å². The Balaban J connectivity index is 1.14. The van der Waals surface area contributed by atoms with Gasteiger partial charge in [0.1, 0.15) is 41.4 Å². The smallest absolute Gasteiger partial charge is 0.343 e. The maximum absolute atomic E-state index is 14.6. The second-order valence-corrected chi connectivity index (χ2v) is 24.8. The Kier molecular flexibility index (Phi) is 24.9. The van der Waals surface area contributed by atoms with E-state index in [1.54, 1.807) is 54.7 Å². The Labute approximate surface area is 496 Å². The zero-order valence-corrected chi connectivity index (χ0v) is 52.6. The number of fused-ring (bicyclic) bond motifs is 1. The van der Waals surface area contributed by atoms with Gasteiger partial charge >= 0.3 is 17.9 Å². The molecule has 0 spiro atoms. The van der Waals surface area contributed by atoms with Crippen molar-refractivity contribution in [2.75, 3.05) is 80.9 Å². The van der Waals surface area contributed by atoms with E-state index in [1.807, 2.05) is 62.5 Å². The van der Waals surface area contributed by atoms with Crippen LogP contribution in [0, 0.1) is 23.7 Å². The third kappa shape index (κ3) is 16.4. The van der Waals surface area contributed by atoms with Gasteiger partial charge in [0.25, 0.3) is 0 Å². The number of ether oxygens (including phenoxy) is 10. The summed E-state index contributed by atoms with van der Waals surface area (Å²) in [6.07, 6.45) is -6.63. The molecule has 84 heavy (non-hydrogen) atoms. The molecule has 0 radical (unpaired) electrons. The van der Waals surface area contributed by atoms with Gasteiger partial charge in [0.05, 0.1) is 67.2 Å². The lowest BCUT2D eigenvalue weighted by Gasteiger charge is -2.50. The molecule has 4 fully saturated rings. The second kappa shape index (κ2) is 30.3. The number of aryl methyl sites for hydroxylation is 2. The summed E-state index contributed by atoms with van der Waals surface area (Å²) in [5, 5.41) is 39.1. The maximum atomic E-state index is 14.6. The van der Waals surface area contributed by atoms with Crippen LogP contribution in [-0.2, 0) is 74.7 Å². The molecule has 0 bridgehead atoms. The van der Waals surface area contributed by atoms with Crippen molar-refractivity contribution in [2.45, 2.75) is 212 Å². The maximum Gasteiger partial charge on any atom is 0.343 e. The number of likely N-dealkylation sites (N-methyl/N-ethyl adjacent to an activating group) is 1. The van der Waals surface area contributed by atoms with Gasteiger partial charge in [-0.3, -0.25) is 24.1 Å². The number of hydrogen-bond acceptors (Lipinski definition) is 21. The number of hydrogen-bond donors (Lipinski definition) is 4. The van der Waals surface area contributed by atoms with Crippen LogP contribution in [0.1, 0.15) is 131 Å². The Morgan fingerprint density at radius 3 is 2.20 bits per heavy atom. The largest absolute Gasteiger partial charge is 0.461 e. The van der Waals surface area contributed by atoms with E-state index in [0.717, 1.165) is 24.2 Å². The summed E-state index contributed by atoms with van der Waals surface area (Å²) in [6.45, 7) is 24.0. The summed E-state index contributed by atoms with van der Waals surface area (Å²) in [4.78, 5) is 73.4. The van der Waals surface area contributed by atoms with E-state index in [0.29, 0.717) is 64.0 Å². The number of aliphatic hydroxyl groups is 3. The van der Waals surface area contributed by atoms with Crippen molar-refractivity contribution in [3.05, 3.63) is 45.7 Å². The van der Waals surface area contributed by atoms with Gasteiger partial charge in [-0.2, -0.15) is 0 Å². The number of Topliss-reactive ketones (excluding diaryl/α,β-unsaturated/α-hetero) is 1. The third-order valence-corrected chi connectivity index (χ3v) is 18.3. The fourth-order valence-corrected chi connectivity index (χ4v) is 12.9. The summed E-state index contributed by atoms with van der Waals surface area (Å²) < 4.78 is 64.4. The molecule has 4 aliphatic heterocycles. The molecule has 476 valence electrons. The molecular weight excluding hydrogens is 1090 g/mol. The van der Waals surface area contributed by atoms with E-state index >= 15 is 0 Å². The summed E-state index contributed by atoms with van der Waals surface area (Å²) in [6, 6.07) is 5.39. The van der Waals surface area contributed by atoms with Gasteiger partial charge in [-0.25, -0.2) is 4.79 Å². The Morgan fingerprint density at radius 1 is 0.881 bits per heavy atom. The Bertz CT molecular complexity index is 2560. The van der Waals surface area contributed by atoms with Crippen molar-refractivity contribution in [3.8, 4) is 0 Å². The highest BCUT2D eigenvalue weighted by Gasteiger charge is 2.55. The van der Waals surface area contributed by atoms with Crippen LogP contribution in [0.5, 0.6) is 0 Å². The van der Waals surface area contributed by atoms with Crippen LogP contribution in [0.15, 0.2) is 29.2 Å². The van der Waals surface area contributed by atoms with Crippen LogP contribution in [-0.4, -0.2) is 218 Å². The first-order chi connectivity index (χ1) is 39.6. The number of ketones is 1. The quantitative estimate of drug-likeness (QED) is 0.0766. The van der Waals surface area contributed by atoms with E-state index in [9.17, 15) is 39.3 Å². The molecule has 0 aliphatic carbocycles. The first-order valence-electron chi connectivity index (χ1n) is 30.4. The topological polar surface area (TPSA) is 262 Å². The number of nitrogens with zero attached hydrogens (tertiary/aromatic N) is 3. The number of pyridine rings is 1. The highest BCUT2D eigenvalue weighted by molar-refractivity contribution is 5.94. The average molecular weight is 1190 g/mol. The Hall–Kier alpha value is -4.01. The van der Waals surface area contributed by atoms with Crippen LogP contribution < -0.4 is 10.7 Å². The molecule has 2 aromatic rings. The number of cyclic esters (lactones) is 1. The number of carbonyl (C=O) groups is 4. The highest BCUT2D eigenvalue weighted by atomic mass is 16.7. The fourth-order valence-electron chi connectivity index (χ4n) is 12.9. The van der Waals surface area contributed by atoms with E-state index in [2.05, 4.69) is 10.2 Å². The highest BCUT2D eigenvalue weighted by Crippen LogP contribution is 2.42. The SMILES string of the molecule is CC[C@@H]1OC(=O)[C@H](C)[C@@H](O[C@H]2C[C@](C)(OC)[C@H](OC(=O)CCNCCCc3ccc4c(c3)c(=O)c(C(=O)OCCN3CCOCC3)cn4CC)[C@H](C)O2)[C@@H](C)[C@@H](O[C@@H]2O[C@H](C)C[C@H](N(C)C)[C@H]2O)[C@](C)(OC)C[C@H](C)C(=O)[C@H](C)[C@@H](O)[C@]1(C)O. The van der Waals surface area contributed by atoms with E-state index in [4.69, 9.17) is 47.4 Å². The normalized spacial score (nSPS) is 36.1. The van der Waals surface area contributed by atoms with Crippen molar-refractivity contribution >= 4 is 34.6 Å². The molecular formula is C62H100N4O18. The summed E-state index contributed by atoms with van der Waals surface area (Å²) in [5.74, 6) is -5.95. The van der Waals surface area contributed by atoms with Gasteiger partial charge in [0, 0.05) is 88.7 Å². The van der Waals surface area contributed by atoms with E-state index < -0.39 is 114 Å². The third-order valence-electron chi connectivity index (χ3n) is 18.3. The molecule has 18 atom stereocenters. The number of morpholine rings is 1. The second-order valence-electron chi connectivity index (χ2n) is 24.8. The van der Waals surface area contributed by atoms with Gasteiger partial charge in [-0.05, 0) is 119 Å². The molecule has 4 aliphatic rings. The lowest BCUT2D eigenvalue weighted by Crippen LogP contribution is -2.61. The molecule has 22 heteroatoms. The lowest BCUT2D eigenvalue weighted by molar-refractivity contribution is -0.320. The lowest BCUT2D eigenvalue weighted by atomic mass is 9.74. The molecule has 1 aromatic heterocycles. The molecule has 0 amide bonds. The molecule has 0 saturated carbocycles. The monoisotopic (exact) mass is 1190 g/mol. The molecule has 22 nitrogen and oxygen atoms in total. The minimum atomic E-state index is -2.03. The predicted molar refractivity (Wildman–Crippen MR) is 312 cm³/mol. The summed E-state index contributed by atoms with van der Waals surface area (Å²) in [7, 11) is 6.75. The minimum absolute atomic E-state index is 0.00255. The van der Waals surface area contributed by atoms with Crippen LogP contribution in [0.2, 0.25) is 0 Å². The van der Waals surface area contributed by atoms with E-state index in [-0.39, 0.29) is 61.2 Å². The number of esters is 3. The number of aliphatic hydroxyl groups excluding tert-OH is 2. The van der Waals surface area contributed by atoms with Crippen LogP contribution in [0.4, 0.5) is 0 Å². The molecule has 4 saturated heterocycles. The standard InChI is InChI=1S/C62H100N4O18/c1-16-47-62(11,74)54(71)38(5)50(68)36(3)33-60(9,75-14)55(84-59-52(70)46(64(12)13)31-37(4)79-59)39(6)53(40(7)57(72)81-47)83-49-34-61(10,76-15)56(41(8)80-49)82-48(67)22-24-63-23-18-19-42-20-21-45-43(32-42)51(69)44(35-66(45)17-2)58(73)78-30-27-65-25-28-77-29-26-65/h20-21,32,35-41,46-47,49,52-56,59,63,70-71,74H,16-19,22-31,33-34H2,1-15H3/t36-,37+,38-,39+,40+,41-,46-,47-,49-,52+,53-,54+,55+,56+,59-,60+,61-,62+/m0/s1. The molecule has 4 N–H and O–H groups in total. The van der Waals surface area contributed by atoms with Crippen molar-refractivity contribution in [2.24, 2.45) is 23.7 Å². The number of carbonyl (C=O) groups excluding carboxylic acids is 4. The van der Waals surface area contributed by atoms with Crippen LogP contribution in [0.3, 0.4) is 0 Å². The molecule has 6 rings (SSSR count). The van der Waals surface area contributed by atoms with Crippen molar-refractivity contribution in [3.63, 3.8) is 0 Å². The average Bonchev–Trinajstić information content (AvgIpc) is 3.41. The minimum Gasteiger partial charge on any atom is -0.461 e. The van der Waals surface area contributed by atoms with Gasteiger partial charge < -0.3 is 77.5 Å². The van der Waals surface area contributed by atoms with Crippen LogP contribution >= 0.6 is 0 Å². The first kappa shape index (κ1) is 69.1. The Morgan fingerprint density at radius 2 is 1.56 bits per heavy atom. The number of nitrogens with one attached hydrogen (secondary N) is 1. The zero-order valence-electron chi connectivity index (χ0n) is 52.6. The zero-order chi connectivity index (χ0) is 62.0. The van der Waals surface area contributed by atoms with E-state index in [1.165, 1.54) is 21.1 Å². The van der Waals surface area contributed by atoms with Gasteiger partial charge in [0.2, 0.25) is 5.43 Å². The molecule has 1 aromatic carbocycles. The molecule has 5 heterocycles. The number of aromatic nitrogens is 1. The molecule has 0 unspecified atom stereocenters. The number of rotatable bonds is 21.